The Morgan fingerprint density at radius 1 is 1.08 bits per heavy atom. The number of hydrogen-bond acceptors (Lipinski definition) is 2. The highest BCUT2D eigenvalue weighted by atomic mass is 35.5. The first-order chi connectivity index (χ1) is 6.25. The van der Waals surface area contributed by atoms with Gasteiger partial charge in [-0.25, -0.2) is 4.98 Å². The first-order valence-electron chi connectivity index (χ1n) is 3.60. The highest BCUT2D eigenvalue weighted by molar-refractivity contribution is 6.35. The van der Waals surface area contributed by atoms with Gasteiger partial charge in [0, 0.05) is 15.6 Å². The van der Waals surface area contributed by atoms with Gasteiger partial charge in [-0.05, 0) is 18.2 Å². The smallest absolute Gasteiger partial charge is 0.181 e. The maximum absolute atomic E-state index is 5.82. The van der Waals surface area contributed by atoms with Crippen molar-refractivity contribution in [3.63, 3.8) is 0 Å². The minimum Gasteiger partial charge on any atom is -0.444 e. The lowest BCUT2D eigenvalue weighted by Crippen LogP contribution is -1.74. The standard InChI is InChI=1S/C9H5Cl2NO/c10-7-1-6(2-8(11)3-7)9-4-12-5-13-9/h1-5H. The van der Waals surface area contributed by atoms with Gasteiger partial charge in [-0.3, -0.25) is 0 Å². The Hall–Kier alpha value is -0.990. The van der Waals surface area contributed by atoms with E-state index in [0.29, 0.717) is 15.8 Å². The molecule has 2 rings (SSSR count). The fourth-order valence-corrected chi connectivity index (χ4v) is 1.58. The Kier molecular flexibility index (Phi) is 2.25. The summed E-state index contributed by atoms with van der Waals surface area (Å²) in [7, 11) is 0. The minimum atomic E-state index is 0.582. The highest BCUT2D eigenvalue weighted by Crippen LogP contribution is 2.26. The van der Waals surface area contributed by atoms with E-state index in [1.54, 1.807) is 24.4 Å². The molecule has 0 unspecified atom stereocenters. The van der Waals surface area contributed by atoms with E-state index in [1.165, 1.54) is 6.39 Å². The average molecular weight is 214 g/mol. The molecule has 0 aliphatic carbocycles. The predicted octanol–water partition coefficient (Wildman–Crippen LogP) is 3.65. The number of hydrogen-bond donors (Lipinski definition) is 0. The summed E-state index contributed by atoms with van der Waals surface area (Å²) in [6, 6.07) is 5.21. The molecular weight excluding hydrogens is 209 g/mol. The monoisotopic (exact) mass is 213 g/mol. The van der Waals surface area contributed by atoms with E-state index in [4.69, 9.17) is 27.6 Å². The second kappa shape index (κ2) is 3.40. The van der Waals surface area contributed by atoms with Crippen LogP contribution in [0.15, 0.2) is 35.2 Å². The number of benzene rings is 1. The molecule has 4 heteroatoms. The average Bonchev–Trinajstić information content (AvgIpc) is 2.53. The van der Waals surface area contributed by atoms with Crippen LogP contribution >= 0.6 is 23.2 Å². The number of aromatic nitrogens is 1. The number of oxazole rings is 1. The Morgan fingerprint density at radius 3 is 2.31 bits per heavy atom. The van der Waals surface area contributed by atoms with E-state index in [-0.39, 0.29) is 0 Å². The fourth-order valence-electron chi connectivity index (χ4n) is 1.05. The molecule has 0 aliphatic heterocycles. The predicted molar refractivity (Wildman–Crippen MR) is 52.0 cm³/mol. The van der Waals surface area contributed by atoms with Crippen molar-refractivity contribution < 1.29 is 4.42 Å². The third kappa shape index (κ3) is 1.85. The van der Waals surface area contributed by atoms with Gasteiger partial charge in [0.15, 0.2) is 12.2 Å². The van der Waals surface area contributed by atoms with Gasteiger partial charge in [0.25, 0.3) is 0 Å². The molecule has 1 heterocycles. The van der Waals surface area contributed by atoms with Crippen molar-refractivity contribution in [2.45, 2.75) is 0 Å². The van der Waals surface area contributed by atoms with Crippen LogP contribution in [0.25, 0.3) is 11.3 Å². The van der Waals surface area contributed by atoms with E-state index >= 15 is 0 Å². The largest absolute Gasteiger partial charge is 0.444 e. The quantitative estimate of drug-likeness (QED) is 0.723. The van der Waals surface area contributed by atoms with Gasteiger partial charge in [-0.15, -0.1) is 0 Å². The zero-order chi connectivity index (χ0) is 9.26. The number of rotatable bonds is 1. The molecule has 0 aliphatic rings. The van der Waals surface area contributed by atoms with E-state index in [0.717, 1.165) is 5.56 Å². The molecule has 0 radical (unpaired) electrons. The number of nitrogens with zero attached hydrogens (tertiary/aromatic N) is 1. The third-order valence-electron chi connectivity index (χ3n) is 1.58. The van der Waals surface area contributed by atoms with Crippen LogP contribution in [0.4, 0.5) is 0 Å². The highest BCUT2D eigenvalue weighted by Gasteiger charge is 2.03. The van der Waals surface area contributed by atoms with Crippen molar-refractivity contribution in [3.05, 3.63) is 40.8 Å². The molecule has 1 aromatic heterocycles. The van der Waals surface area contributed by atoms with Crippen molar-refractivity contribution in [1.82, 2.24) is 4.98 Å². The Morgan fingerprint density at radius 2 is 1.77 bits per heavy atom. The molecule has 0 N–H and O–H groups in total. The molecule has 0 saturated carbocycles. The summed E-state index contributed by atoms with van der Waals surface area (Å²) >= 11 is 11.6. The van der Waals surface area contributed by atoms with Crippen molar-refractivity contribution in [2.75, 3.05) is 0 Å². The van der Waals surface area contributed by atoms with Crippen LogP contribution in [0.3, 0.4) is 0 Å². The summed E-state index contributed by atoms with van der Waals surface area (Å²) in [5.74, 6) is 0.657. The first-order valence-corrected chi connectivity index (χ1v) is 4.36. The van der Waals surface area contributed by atoms with Crippen LogP contribution in [0, 0.1) is 0 Å². The normalized spacial score (nSPS) is 10.3. The lowest BCUT2D eigenvalue weighted by Gasteiger charge is -1.97. The maximum atomic E-state index is 5.82. The van der Waals surface area contributed by atoms with E-state index < -0.39 is 0 Å². The lowest BCUT2D eigenvalue weighted by atomic mass is 10.2. The summed E-state index contributed by atoms with van der Waals surface area (Å²) in [6.45, 7) is 0. The second-order valence-corrected chi connectivity index (χ2v) is 3.40. The second-order valence-electron chi connectivity index (χ2n) is 2.52. The molecule has 0 atom stereocenters. The molecule has 2 aromatic rings. The topological polar surface area (TPSA) is 26.0 Å². The summed E-state index contributed by atoms with van der Waals surface area (Å²) < 4.78 is 5.10. The van der Waals surface area contributed by atoms with E-state index in [1.807, 2.05) is 0 Å². The summed E-state index contributed by atoms with van der Waals surface area (Å²) in [5.41, 5.74) is 0.829. The fraction of sp³-hybridized carbons (Fsp3) is 0. The summed E-state index contributed by atoms with van der Waals surface area (Å²) in [5, 5.41) is 1.16. The third-order valence-corrected chi connectivity index (χ3v) is 2.02. The Labute approximate surface area is 85.1 Å². The van der Waals surface area contributed by atoms with Crippen LogP contribution in [0.1, 0.15) is 0 Å². The Bertz CT molecular complexity index is 391. The van der Waals surface area contributed by atoms with Gasteiger partial charge < -0.3 is 4.42 Å². The molecule has 0 spiro atoms. The van der Waals surface area contributed by atoms with Gasteiger partial charge in [-0.2, -0.15) is 0 Å². The van der Waals surface area contributed by atoms with E-state index in [9.17, 15) is 0 Å². The van der Waals surface area contributed by atoms with Crippen LogP contribution < -0.4 is 0 Å². The van der Waals surface area contributed by atoms with Crippen molar-refractivity contribution >= 4 is 23.2 Å². The molecule has 0 bridgehead atoms. The summed E-state index contributed by atoms with van der Waals surface area (Å²) in [6.07, 6.45) is 2.98. The molecule has 1 aromatic carbocycles. The van der Waals surface area contributed by atoms with Crippen LogP contribution in [0.2, 0.25) is 10.0 Å². The molecule has 66 valence electrons. The first kappa shape index (κ1) is 8.60. The molecular formula is C9H5Cl2NO. The minimum absolute atomic E-state index is 0.582. The van der Waals surface area contributed by atoms with Gasteiger partial charge in [-0.1, -0.05) is 23.2 Å². The van der Waals surface area contributed by atoms with Crippen molar-refractivity contribution in [2.24, 2.45) is 0 Å². The zero-order valence-electron chi connectivity index (χ0n) is 6.50. The molecule has 0 fully saturated rings. The van der Waals surface area contributed by atoms with E-state index in [2.05, 4.69) is 4.98 Å². The lowest BCUT2D eigenvalue weighted by molar-refractivity contribution is 0.572. The van der Waals surface area contributed by atoms with Crippen LogP contribution in [-0.4, -0.2) is 4.98 Å². The summed E-state index contributed by atoms with van der Waals surface area (Å²) in [4.78, 5) is 3.81. The van der Waals surface area contributed by atoms with Gasteiger partial charge >= 0.3 is 0 Å². The van der Waals surface area contributed by atoms with Gasteiger partial charge in [0.05, 0.1) is 6.20 Å². The Balaban J connectivity index is 2.53. The van der Waals surface area contributed by atoms with Gasteiger partial charge in [0.2, 0.25) is 0 Å². The SMILES string of the molecule is Clc1cc(Cl)cc(-c2cnco2)c1. The molecule has 2 nitrogen and oxygen atoms in total. The molecule has 0 saturated heterocycles. The van der Waals surface area contributed by atoms with Crippen molar-refractivity contribution in [3.8, 4) is 11.3 Å². The van der Waals surface area contributed by atoms with Gasteiger partial charge in [0.1, 0.15) is 0 Å². The molecule has 13 heavy (non-hydrogen) atoms. The maximum Gasteiger partial charge on any atom is 0.181 e. The zero-order valence-corrected chi connectivity index (χ0v) is 8.01. The molecule has 0 amide bonds. The van der Waals surface area contributed by atoms with Crippen LogP contribution in [-0.2, 0) is 0 Å². The number of halogens is 2. The van der Waals surface area contributed by atoms with Crippen molar-refractivity contribution in [1.29, 1.82) is 0 Å². The van der Waals surface area contributed by atoms with Crippen LogP contribution in [0.5, 0.6) is 0 Å².